The Balaban J connectivity index is 1.46. The maximum atomic E-state index is 14.4. The van der Waals surface area contributed by atoms with Gasteiger partial charge in [-0.3, -0.25) is 4.79 Å². The number of anilines is 2. The van der Waals surface area contributed by atoms with Crippen LogP contribution in [0.15, 0.2) is 36.4 Å². The molecule has 29 heavy (non-hydrogen) atoms. The Hall–Kier alpha value is -3.15. The lowest BCUT2D eigenvalue weighted by Crippen LogP contribution is -2.38. The van der Waals surface area contributed by atoms with Crippen LogP contribution in [0.5, 0.6) is 0 Å². The number of benzene rings is 2. The van der Waals surface area contributed by atoms with E-state index in [1.54, 1.807) is 4.90 Å². The van der Waals surface area contributed by atoms with Crippen LogP contribution in [0, 0.1) is 19.7 Å². The number of rotatable bonds is 2. The second-order valence-electron chi connectivity index (χ2n) is 7.77. The number of nitrogens with zero attached hydrogens (tertiary/aromatic N) is 1. The van der Waals surface area contributed by atoms with E-state index < -0.39 is 5.82 Å². The van der Waals surface area contributed by atoms with Crippen LogP contribution in [0.2, 0.25) is 0 Å². The SMILES string of the molecule is Cc1cc(C)cc(C2=CCN(C(=O)Nc3cc4c(cc3F)CCC(=O)N4)CC2)c1. The largest absolute Gasteiger partial charge is 0.326 e. The van der Waals surface area contributed by atoms with Crippen molar-refractivity contribution in [1.82, 2.24) is 4.90 Å². The van der Waals surface area contributed by atoms with Gasteiger partial charge < -0.3 is 15.5 Å². The van der Waals surface area contributed by atoms with Gasteiger partial charge in [-0.25, -0.2) is 9.18 Å². The highest BCUT2D eigenvalue weighted by atomic mass is 19.1. The third-order valence-corrected chi connectivity index (χ3v) is 5.42. The summed E-state index contributed by atoms with van der Waals surface area (Å²) >= 11 is 0. The Kier molecular flexibility index (Phi) is 5.09. The summed E-state index contributed by atoms with van der Waals surface area (Å²) in [6.45, 7) is 5.19. The summed E-state index contributed by atoms with van der Waals surface area (Å²) in [7, 11) is 0. The number of fused-ring (bicyclic) bond motifs is 1. The number of nitrogens with one attached hydrogen (secondary N) is 2. The van der Waals surface area contributed by atoms with Gasteiger partial charge in [0, 0.05) is 25.2 Å². The lowest BCUT2D eigenvalue weighted by Gasteiger charge is -2.27. The van der Waals surface area contributed by atoms with Gasteiger partial charge in [-0.15, -0.1) is 0 Å². The molecule has 150 valence electrons. The van der Waals surface area contributed by atoms with Crippen molar-refractivity contribution in [3.8, 4) is 0 Å². The van der Waals surface area contributed by atoms with Gasteiger partial charge in [0.25, 0.3) is 0 Å². The summed E-state index contributed by atoms with van der Waals surface area (Å²) in [6.07, 6.45) is 3.66. The van der Waals surface area contributed by atoms with Crippen LogP contribution in [0.25, 0.3) is 5.57 Å². The molecule has 0 saturated carbocycles. The van der Waals surface area contributed by atoms with E-state index in [1.807, 2.05) is 0 Å². The molecule has 0 unspecified atom stereocenters. The van der Waals surface area contributed by atoms with E-state index in [1.165, 1.54) is 34.4 Å². The van der Waals surface area contributed by atoms with E-state index in [0.717, 1.165) is 12.0 Å². The molecule has 0 radical (unpaired) electrons. The van der Waals surface area contributed by atoms with E-state index in [2.05, 4.69) is 48.8 Å². The molecule has 0 bridgehead atoms. The molecule has 2 heterocycles. The third kappa shape index (κ3) is 4.16. The van der Waals surface area contributed by atoms with Gasteiger partial charge in [0.2, 0.25) is 5.91 Å². The molecular weight excluding hydrogens is 369 g/mol. The molecule has 0 aromatic heterocycles. The third-order valence-electron chi connectivity index (χ3n) is 5.42. The van der Waals surface area contributed by atoms with Crippen molar-refractivity contribution < 1.29 is 14.0 Å². The first-order valence-corrected chi connectivity index (χ1v) is 9.85. The summed E-state index contributed by atoms with van der Waals surface area (Å²) in [5.74, 6) is -0.585. The molecule has 0 aliphatic carbocycles. The molecule has 5 nitrogen and oxygen atoms in total. The number of urea groups is 1. The molecule has 2 N–H and O–H groups in total. The van der Waals surface area contributed by atoms with Crippen molar-refractivity contribution in [2.75, 3.05) is 23.7 Å². The van der Waals surface area contributed by atoms with Gasteiger partial charge in [0.05, 0.1) is 5.69 Å². The molecule has 4 rings (SSSR count). The first-order valence-electron chi connectivity index (χ1n) is 9.85. The number of carbonyl (C=O) groups excluding carboxylic acids is 2. The Morgan fingerprint density at radius 2 is 1.83 bits per heavy atom. The molecule has 6 heteroatoms. The summed E-state index contributed by atoms with van der Waals surface area (Å²) in [5, 5.41) is 5.38. The van der Waals surface area contributed by atoms with Gasteiger partial charge in [-0.1, -0.05) is 35.4 Å². The zero-order valence-corrected chi connectivity index (χ0v) is 16.6. The first kappa shape index (κ1) is 19.2. The zero-order valence-electron chi connectivity index (χ0n) is 16.6. The smallest absolute Gasteiger partial charge is 0.322 e. The molecule has 0 atom stereocenters. The maximum absolute atomic E-state index is 14.4. The predicted octanol–water partition coefficient (Wildman–Crippen LogP) is 4.65. The van der Waals surface area contributed by atoms with E-state index in [4.69, 9.17) is 0 Å². The molecule has 2 aromatic rings. The van der Waals surface area contributed by atoms with E-state index >= 15 is 0 Å². The second-order valence-corrected chi connectivity index (χ2v) is 7.77. The molecular formula is C23H24FN3O2. The zero-order chi connectivity index (χ0) is 20.5. The molecule has 0 saturated heterocycles. The minimum absolute atomic E-state index is 0.0834. The molecule has 2 aromatic carbocycles. The molecule has 0 spiro atoms. The van der Waals surface area contributed by atoms with Crippen molar-refractivity contribution in [1.29, 1.82) is 0 Å². The Bertz CT molecular complexity index is 1010. The lowest BCUT2D eigenvalue weighted by molar-refractivity contribution is -0.116. The average Bonchev–Trinajstić information content (AvgIpc) is 2.68. The van der Waals surface area contributed by atoms with Gasteiger partial charge in [-0.2, -0.15) is 0 Å². The standard InChI is InChI=1S/C23H24FN3O2/c1-14-9-15(2)11-18(10-14)16-5-7-27(8-6-16)23(29)26-21-13-20-17(12-19(21)24)3-4-22(28)25-20/h5,9-13H,3-4,6-8H2,1-2H3,(H,25,28)(H,26,29). The molecule has 2 aliphatic heterocycles. The summed E-state index contributed by atoms with van der Waals surface area (Å²) in [6, 6.07) is 9.00. The van der Waals surface area contributed by atoms with Crippen LogP contribution in [-0.2, 0) is 11.2 Å². The minimum atomic E-state index is -0.489. The second kappa shape index (κ2) is 7.70. The Morgan fingerprint density at radius 3 is 2.52 bits per heavy atom. The van der Waals surface area contributed by atoms with Crippen molar-refractivity contribution in [2.24, 2.45) is 0 Å². The fourth-order valence-electron chi connectivity index (χ4n) is 3.96. The fraction of sp³-hybridized carbons (Fsp3) is 0.304. The summed E-state index contributed by atoms with van der Waals surface area (Å²) in [5.41, 5.74) is 6.25. The highest BCUT2D eigenvalue weighted by Gasteiger charge is 2.22. The summed E-state index contributed by atoms with van der Waals surface area (Å²) < 4.78 is 14.4. The van der Waals surface area contributed by atoms with Crippen LogP contribution in [0.3, 0.4) is 0 Å². The van der Waals surface area contributed by atoms with E-state index in [-0.39, 0.29) is 17.6 Å². The first-order chi connectivity index (χ1) is 13.9. The number of halogens is 1. The van der Waals surface area contributed by atoms with Crippen LogP contribution >= 0.6 is 0 Å². The number of aryl methyl sites for hydroxylation is 3. The van der Waals surface area contributed by atoms with Gasteiger partial charge >= 0.3 is 6.03 Å². The van der Waals surface area contributed by atoms with Crippen LogP contribution in [0.1, 0.15) is 35.1 Å². The van der Waals surface area contributed by atoms with Crippen LogP contribution < -0.4 is 10.6 Å². The summed E-state index contributed by atoms with van der Waals surface area (Å²) in [4.78, 5) is 25.9. The number of hydrogen-bond acceptors (Lipinski definition) is 2. The van der Waals surface area contributed by atoms with Gasteiger partial charge in [-0.05, 0) is 55.5 Å². The van der Waals surface area contributed by atoms with E-state index in [9.17, 15) is 14.0 Å². The van der Waals surface area contributed by atoms with Crippen LogP contribution in [-0.4, -0.2) is 29.9 Å². The number of carbonyl (C=O) groups is 2. The highest BCUT2D eigenvalue weighted by Crippen LogP contribution is 2.29. The topological polar surface area (TPSA) is 61.4 Å². The fourth-order valence-corrected chi connectivity index (χ4v) is 3.96. The molecule has 3 amide bonds. The quantitative estimate of drug-likeness (QED) is 0.780. The average molecular weight is 393 g/mol. The van der Waals surface area contributed by atoms with Gasteiger partial charge in [0.1, 0.15) is 5.82 Å². The number of amides is 3. The Morgan fingerprint density at radius 1 is 1.07 bits per heavy atom. The van der Waals surface area contributed by atoms with Gasteiger partial charge in [0.15, 0.2) is 0 Å². The highest BCUT2D eigenvalue weighted by molar-refractivity contribution is 5.96. The Labute approximate surface area is 169 Å². The molecule has 2 aliphatic rings. The van der Waals surface area contributed by atoms with Crippen molar-refractivity contribution in [3.05, 3.63) is 64.5 Å². The normalized spacial score (nSPS) is 16.0. The minimum Gasteiger partial charge on any atom is -0.326 e. The van der Waals surface area contributed by atoms with Crippen molar-refractivity contribution in [3.63, 3.8) is 0 Å². The molecule has 0 fully saturated rings. The van der Waals surface area contributed by atoms with Crippen LogP contribution in [0.4, 0.5) is 20.6 Å². The maximum Gasteiger partial charge on any atom is 0.322 e. The monoisotopic (exact) mass is 393 g/mol. The lowest BCUT2D eigenvalue weighted by atomic mass is 9.96. The van der Waals surface area contributed by atoms with Crippen molar-refractivity contribution >= 4 is 28.9 Å². The van der Waals surface area contributed by atoms with Crippen molar-refractivity contribution in [2.45, 2.75) is 33.1 Å². The predicted molar refractivity (Wildman–Crippen MR) is 112 cm³/mol. The van der Waals surface area contributed by atoms with E-state index in [0.29, 0.717) is 31.6 Å². The number of hydrogen-bond donors (Lipinski definition) is 2.